The van der Waals surface area contributed by atoms with Crippen molar-refractivity contribution in [1.29, 1.82) is 0 Å². The Labute approximate surface area is 153 Å². The van der Waals surface area contributed by atoms with Gasteiger partial charge in [-0.3, -0.25) is 4.79 Å². The zero-order chi connectivity index (χ0) is 17.8. The van der Waals surface area contributed by atoms with Crippen LogP contribution in [0.25, 0.3) is 0 Å². The zero-order valence-corrected chi connectivity index (χ0v) is 14.9. The maximum atomic E-state index is 12.9. The summed E-state index contributed by atoms with van der Waals surface area (Å²) in [5.41, 5.74) is 1.19. The van der Waals surface area contributed by atoms with Gasteiger partial charge in [0.1, 0.15) is 0 Å². The van der Waals surface area contributed by atoms with Gasteiger partial charge in [0.2, 0.25) is 11.8 Å². The molecule has 1 atom stereocenters. The molecule has 26 heavy (non-hydrogen) atoms. The lowest BCUT2D eigenvalue weighted by atomic mass is 9.97. The van der Waals surface area contributed by atoms with E-state index < -0.39 is 0 Å². The molecule has 2 aliphatic heterocycles. The first-order chi connectivity index (χ1) is 12.8. The number of nitrogens with zero attached hydrogens (tertiary/aromatic N) is 3. The van der Waals surface area contributed by atoms with Gasteiger partial charge in [-0.2, -0.15) is 0 Å². The lowest BCUT2D eigenvalue weighted by Gasteiger charge is -2.37. The average Bonchev–Trinajstić information content (AvgIpc) is 3.18. The van der Waals surface area contributed by atoms with E-state index >= 15 is 0 Å². The minimum absolute atomic E-state index is 0.107. The number of rotatable bonds is 5. The van der Waals surface area contributed by atoms with Crippen LogP contribution in [0.15, 0.2) is 42.7 Å². The molecule has 138 valence electrons. The van der Waals surface area contributed by atoms with Gasteiger partial charge < -0.3 is 18.9 Å². The van der Waals surface area contributed by atoms with Crippen LogP contribution in [-0.2, 0) is 16.1 Å². The van der Waals surface area contributed by atoms with Crippen molar-refractivity contribution in [3.63, 3.8) is 0 Å². The lowest BCUT2D eigenvalue weighted by molar-refractivity contribution is -0.140. The Morgan fingerprint density at radius 1 is 1.23 bits per heavy atom. The summed E-state index contributed by atoms with van der Waals surface area (Å²) in [6.07, 6.45) is 6.36. The fraction of sp³-hybridized carbons (Fsp3) is 0.500. The van der Waals surface area contributed by atoms with Crippen LogP contribution in [0.3, 0.4) is 0 Å². The van der Waals surface area contributed by atoms with Crippen molar-refractivity contribution in [2.45, 2.75) is 31.8 Å². The summed E-state index contributed by atoms with van der Waals surface area (Å²) in [4.78, 5) is 19.2. The number of carbonyl (C=O) groups excluding carboxylic acids is 1. The molecular weight excluding hydrogens is 330 g/mol. The maximum absolute atomic E-state index is 12.9. The van der Waals surface area contributed by atoms with E-state index in [1.807, 2.05) is 23.1 Å². The SMILES string of the molecule is O=C(C1CCOCC1)N1Cc2cccn2C(CCOc2ccccn2)C1. The normalized spacial score (nSPS) is 20.6. The smallest absolute Gasteiger partial charge is 0.226 e. The van der Waals surface area contributed by atoms with Crippen LogP contribution >= 0.6 is 0 Å². The Morgan fingerprint density at radius 2 is 2.12 bits per heavy atom. The molecule has 0 aromatic carbocycles. The van der Waals surface area contributed by atoms with Crippen LogP contribution in [-0.4, -0.2) is 46.7 Å². The summed E-state index contributed by atoms with van der Waals surface area (Å²) in [5.74, 6) is 1.03. The second kappa shape index (κ2) is 7.91. The van der Waals surface area contributed by atoms with E-state index in [2.05, 4.69) is 27.9 Å². The second-order valence-electron chi connectivity index (χ2n) is 6.97. The van der Waals surface area contributed by atoms with E-state index in [1.54, 1.807) is 6.20 Å². The second-order valence-corrected chi connectivity index (χ2v) is 6.97. The minimum Gasteiger partial charge on any atom is -0.478 e. The third kappa shape index (κ3) is 3.75. The van der Waals surface area contributed by atoms with Crippen molar-refractivity contribution >= 4 is 5.91 Å². The first-order valence-electron chi connectivity index (χ1n) is 9.37. The molecule has 0 radical (unpaired) electrons. The molecule has 2 aromatic rings. The molecule has 4 heterocycles. The summed E-state index contributed by atoms with van der Waals surface area (Å²) >= 11 is 0. The molecule has 1 fully saturated rings. The van der Waals surface area contributed by atoms with Crippen molar-refractivity contribution in [3.05, 3.63) is 48.4 Å². The number of amides is 1. The summed E-state index contributed by atoms with van der Waals surface area (Å²) in [6, 6.07) is 10.1. The first-order valence-corrected chi connectivity index (χ1v) is 9.37. The summed E-state index contributed by atoms with van der Waals surface area (Å²) in [7, 11) is 0. The van der Waals surface area contributed by atoms with Crippen LogP contribution in [0.5, 0.6) is 5.88 Å². The number of hydrogen-bond donors (Lipinski definition) is 0. The monoisotopic (exact) mass is 355 g/mol. The van der Waals surface area contributed by atoms with Gasteiger partial charge in [0.15, 0.2) is 0 Å². The van der Waals surface area contributed by atoms with Gasteiger partial charge in [-0.05, 0) is 31.0 Å². The molecule has 1 saturated heterocycles. The Bertz CT molecular complexity index is 725. The molecule has 0 aliphatic carbocycles. The van der Waals surface area contributed by atoms with E-state index in [-0.39, 0.29) is 17.9 Å². The van der Waals surface area contributed by atoms with Crippen molar-refractivity contribution < 1.29 is 14.3 Å². The highest BCUT2D eigenvalue weighted by Crippen LogP contribution is 2.27. The Balaban J connectivity index is 1.40. The van der Waals surface area contributed by atoms with Crippen LogP contribution in [0.1, 0.15) is 31.0 Å². The lowest BCUT2D eigenvalue weighted by Crippen LogP contribution is -2.44. The van der Waals surface area contributed by atoms with E-state index in [1.165, 1.54) is 5.69 Å². The minimum atomic E-state index is 0.107. The standard InChI is InChI=1S/C20H25N3O3/c24-20(16-6-11-25-12-7-16)22-14-17-4-3-10-23(17)18(15-22)8-13-26-19-5-1-2-9-21-19/h1-5,9-10,16,18H,6-8,11-15H2. The van der Waals surface area contributed by atoms with E-state index in [4.69, 9.17) is 9.47 Å². The molecule has 6 heteroatoms. The Hall–Kier alpha value is -2.34. The summed E-state index contributed by atoms with van der Waals surface area (Å²) in [6.45, 7) is 3.41. The topological polar surface area (TPSA) is 56.6 Å². The molecule has 0 spiro atoms. The van der Waals surface area contributed by atoms with Crippen LogP contribution in [0, 0.1) is 5.92 Å². The quantitative estimate of drug-likeness (QED) is 0.827. The van der Waals surface area contributed by atoms with Crippen molar-refractivity contribution in [2.24, 2.45) is 5.92 Å². The number of hydrogen-bond acceptors (Lipinski definition) is 4. The van der Waals surface area contributed by atoms with E-state index in [0.717, 1.165) is 25.8 Å². The van der Waals surface area contributed by atoms with Gasteiger partial charge in [-0.1, -0.05) is 6.07 Å². The van der Waals surface area contributed by atoms with Gasteiger partial charge in [0.05, 0.1) is 19.2 Å². The van der Waals surface area contributed by atoms with Crippen LogP contribution in [0.2, 0.25) is 0 Å². The molecule has 2 aliphatic rings. The van der Waals surface area contributed by atoms with Crippen molar-refractivity contribution in [3.8, 4) is 5.88 Å². The molecular formula is C20H25N3O3. The summed E-state index contributed by atoms with van der Waals surface area (Å²) in [5, 5.41) is 0. The predicted molar refractivity (Wildman–Crippen MR) is 96.8 cm³/mol. The van der Waals surface area contributed by atoms with Gasteiger partial charge >= 0.3 is 0 Å². The first kappa shape index (κ1) is 17.1. The summed E-state index contributed by atoms with van der Waals surface area (Å²) < 4.78 is 13.5. The Kier molecular flexibility index (Phi) is 5.20. The molecule has 0 saturated carbocycles. The van der Waals surface area contributed by atoms with E-state index in [9.17, 15) is 4.79 Å². The highest BCUT2D eigenvalue weighted by atomic mass is 16.5. The highest BCUT2D eigenvalue weighted by molar-refractivity contribution is 5.79. The number of ether oxygens (including phenoxy) is 2. The number of fused-ring (bicyclic) bond motifs is 1. The van der Waals surface area contributed by atoms with Crippen molar-refractivity contribution in [2.75, 3.05) is 26.4 Å². The maximum Gasteiger partial charge on any atom is 0.226 e. The molecule has 0 bridgehead atoms. The van der Waals surface area contributed by atoms with Gasteiger partial charge in [-0.15, -0.1) is 0 Å². The fourth-order valence-corrected chi connectivity index (χ4v) is 3.85. The molecule has 1 amide bonds. The molecule has 4 rings (SSSR count). The van der Waals surface area contributed by atoms with Crippen LogP contribution in [0.4, 0.5) is 0 Å². The van der Waals surface area contributed by atoms with Gasteiger partial charge in [0, 0.05) is 56.3 Å². The van der Waals surface area contributed by atoms with Gasteiger partial charge in [0.25, 0.3) is 0 Å². The third-order valence-electron chi connectivity index (χ3n) is 5.27. The van der Waals surface area contributed by atoms with E-state index in [0.29, 0.717) is 32.2 Å². The molecule has 6 nitrogen and oxygen atoms in total. The predicted octanol–water partition coefficient (Wildman–Crippen LogP) is 2.66. The van der Waals surface area contributed by atoms with Crippen molar-refractivity contribution in [1.82, 2.24) is 14.5 Å². The molecule has 0 N–H and O–H groups in total. The number of carbonyl (C=O) groups is 1. The fourth-order valence-electron chi connectivity index (χ4n) is 3.85. The highest BCUT2D eigenvalue weighted by Gasteiger charge is 2.32. The number of aromatic nitrogens is 2. The zero-order valence-electron chi connectivity index (χ0n) is 14.9. The van der Waals surface area contributed by atoms with Crippen LogP contribution < -0.4 is 4.74 Å². The average molecular weight is 355 g/mol. The largest absolute Gasteiger partial charge is 0.478 e. The molecule has 1 unspecified atom stereocenters. The Morgan fingerprint density at radius 3 is 2.92 bits per heavy atom. The number of pyridine rings is 1. The molecule has 2 aromatic heterocycles. The van der Waals surface area contributed by atoms with Gasteiger partial charge in [-0.25, -0.2) is 4.98 Å². The third-order valence-corrected chi connectivity index (χ3v) is 5.27.